The first-order valence-corrected chi connectivity index (χ1v) is 10.8. The molecule has 2 heterocycles. The third-order valence-electron chi connectivity index (χ3n) is 6.45. The molecular formula is C24H28FN3O3. The summed E-state index contributed by atoms with van der Waals surface area (Å²) in [6, 6.07) is 13.4. The lowest BCUT2D eigenvalue weighted by molar-refractivity contribution is -0.124. The number of halogens is 1. The number of anilines is 2. The first kappa shape index (κ1) is 21.3. The van der Waals surface area contributed by atoms with E-state index in [9.17, 15) is 14.0 Å². The van der Waals surface area contributed by atoms with Crippen LogP contribution in [0.15, 0.2) is 48.5 Å². The zero-order valence-corrected chi connectivity index (χ0v) is 17.7. The first-order chi connectivity index (χ1) is 15.0. The molecule has 0 aliphatic carbocycles. The summed E-state index contributed by atoms with van der Waals surface area (Å²) in [5.41, 5.74) is 2.02. The van der Waals surface area contributed by atoms with Gasteiger partial charge >= 0.3 is 6.03 Å². The smallest absolute Gasteiger partial charge is 0.321 e. The van der Waals surface area contributed by atoms with E-state index >= 15 is 0 Å². The molecule has 3 amide bonds. The average molecular weight is 426 g/mol. The SMILES string of the molecule is CCc1ccc(NC(=O)N2C[C@H](C(=O)Nc3cccc(F)c3)C3(CCOCC3)C2)cc1. The van der Waals surface area contributed by atoms with Crippen molar-refractivity contribution in [3.05, 3.63) is 59.9 Å². The Morgan fingerprint density at radius 2 is 1.84 bits per heavy atom. The second-order valence-electron chi connectivity index (χ2n) is 8.39. The standard InChI is InChI=1S/C24H28FN3O3/c1-2-17-6-8-19(9-7-17)27-23(30)28-15-21(24(16-28)10-12-31-13-11-24)22(29)26-20-5-3-4-18(25)14-20/h3-9,14,21H,2,10-13,15-16H2,1H3,(H,26,29)(H,27,30)/t21-/m1/s1. The molecule has 164 valence electrons. The van der Waals surface area contributed by atoms with E-state index < -0.39 is 5.82 Å². The summed E-state index contributed by atoms with van der Waals surface area (Å²) < 4.78 is 19.1. The normalized spacial score (nSPS) is 19.9. The number of rotatable bonds is 4. The van der Waals surface area contributed by atoms with Gasteiger partial charge < -0.3 is 20.3 Å². The van der Waals surface area contributed by atoms with E-state index in [-0.39, 0.29) is 23.3 Å². The summed E-state index contributed by atoms with van der Waals surface area (Å²) in [5.74, 6) is -0.969. The number of aryl methyl sites for hydroxylation is 1. The Bertz CT molecular complexity index is 941. The highest BCUT2D eigenvalue weighted by Gasteiger charge is 2.51. The minimum atomic E-state index is -0.403. The number of urea groups is 1. The van der Waals surface area contributed by atoms with Crippen LogP contribution in [-0.4, -0.2) is 43.1 Å². The third-order valence-corrected chi connectivity index (χ3v) is 6.45. The Morgan fingerprint density at radius 1 is 1.10 bits per heavy atom. The van der Waals surface area contributed by atoms with Gasteiger partial charge in [0.05, 0.1) is 5.92 Å². The van der Waals surface area contributed by atoms with Crippen LogP contribution >= 0.6 is 0 Å². The Balaban J connectivity index is 1.49. The lowest BCUT2D eigenvalue weighted by atomic mass is 9.71. The lowest BCUT2D eigenvalue weighted by Crippen LogP contribution is -2.42. The number of amides is 3. The van der Waals surface area contributed by atoms with Gasteiger partial charge in [-0.25, -0.2) is 9.18 Å². The van der Waals surface area contributed by atoms with E-state index in [4.69, 9.17) is 4.74 Å². The minimum Gasteiger partial charge on any atom is -0.381 e. The van der Waals surface area contributed by atoms with Gasteiger partial charge in [0.25, 0.3) is 0 Å². The molecule has 0 saturated carbocycles. The van der Waals surface area contributed by atoms with Crippen molar-refractivity contribution in [2.45, 2.75) is 26.2 Å². The molecule has 2 N–H and O–H groups in total. The van der Waals surface area contributed by atoms with Crippen LogP contribution in [0.25, 0.3) is 0 Å². The second-order valence-corrected chi connectivity index (χ2v) is 8.39. The number of likely N-dealkylation sites (tertiary alicyclic amines) is 1. The van der Waals surface area contributed by atoms with Gasteiger partial charge in [-0.05, 0) is 55.2 Å². The highest BCUT2D eigenvalue weighted by Crippen LogP contribution is 2.45. The summed E-state index contributed by atoms with van der Waals surface area (Å²) in [7, 11) is 0. The number of nitrogens with zero attached hydrogens (tertiary/aromatic N) is 1. The molecule has 4 rings (SSSR count). The highest BCUT2D eigenvalue weighted by molar-refractivity contribution is 5.95. The minimum absolute atomic E-state index is 0.185. The quantitative estimate of drug-likeness (QED) is 0.768. The van der Waals surface area contributed by atoms with Crippen molar-refractivity contribution >= 4 is 23.3 Å². The van der Waals surface area contributed by atoms with Gasteiger partial charge in [-0.1, -0.05) is 25.1 Å². The van der Waals surface area contributed by atoms with Gasteiger partial charge in [0.2, 0.25) is 5.91 Å². The lowest BCUT2D eigenvalue weighted by Gasteiger charge is -2.37. The van der Waals surface area contributed by atoms with Crippen molar-refractivity contribution in [3.63, 3.8) is 0 Å². The molecule has 2 aromatic rings. The molecule has 2 aliphatic heterocycles. The Kier molecular flexibility index (Phi) is 6.23. The van der Waals surface area contributed by atoms with Crippen LogP contribution in [0.2, 0.25) is 0 Å². The Labute approximate surface area is 181 Å². The number of nitrogens with one attached hydrogen (secondary N) is 2. The van der Waals surface area contributed by atoms with E-state index in [2.05, 4.69) is 17.6 Å². The number of benzene rings is 2. The zero-order valence-electron chi connectivity index (χ0n) is 17.7. The van der Waals surface area contributed by atoms with Gasteiger partial charge in [-0.15, -0.1) is 0 Å². The number of hydrogen-bond acceptors (Lipinski definition) is 3. The molecule has 0 bridgehead atoms. The molecule has 0 aromatic heterocycles. The van der Waals surface area contributed by atoms with Gasteiger partial charge in [-0.3, -0.25) is 4.79 Å². The van der Waals surface area contributed by atoms with E-state index in [1.54, 1.807) is 17.0 Å². The second kappa shape index (κ2) is 9.06. The van der Waals surface area contributed by atoms with Crippen molar-refractivity contribution in [2.24, 2.45) is 11.3 Å². The van der Waals surface area contributed by atoms with Crippen molar-refractivity contribution in [3.8, 4) is 0 Å². The van der Waals surface area contributed by atoms with Crippen LogP contribution in [-0.2, 0) is 16.0 Å². The topological polar surface area (TPSA) is 70.7 Å². The van der Waals surface area contributed by atoms with Crippen LogP contribution in [0.1, 0.15) is 25.3 Å². The number of ether oxygens (including phenoxy) is 1. The molecule has 0 radical (unpaired) electrons. The maximum atomic E-state index is 13.5. The summed E-state index contributed by atoms with van der Waals surface area (Å²) in [6.45, 7) is 4.03. The van der Waals surface area contributed by atoms with Gasteiger partial charge in [0, 0.05) is 43.1 Å². The molecule has 2 fully saturated rings. The maximum absolute atomic E-state index is 13.5. The molecule has 7 heteroatoms. The van der Waals surface area contributed by atoms with E-state index in [0.717, 1.165) is 12.1 Å². The first-order valence-electron chi connectivity index (χ1n) is 10.8. The van der Waals surface area contributed by atoms with Crippen LogP contribution in [0.5, 0.6) is 0 Å². The molecule has 1 atom stereocenters. The van der Waals surface area contributed by atoms with E-state index in [1.165, 1.54) is 17.7 Å². The molecule has 6 nitrogen and oxygen atoms in total. The van der Waals surface area contributed by atoms with Crippen molar-refractivity contribution in [1.82, 2.24) is 4.90 Å². The molecule has 1 spiro atoms. The number of carbonyl (C=O) groups is 2. The third kappa shape index (κ3) is 4.71. The fourth-order valence-electron chi connectivity index (χ4n) is 4.59. The summed E-state index contributed by atoms with van der Waals surface area (Å²) in [4.78, 5) is 27.8. The van der Waals surface area contributed by atoms with Crippen LogP contribution in [0.4, 0.5) is 20.6 Å². The Hall–Kier alpha value is -2.93. The molecule has 2 aliphatic rings. The van der Waals surface area contributed by atoms with Crippen LogP contribution in [0, 0.1) is 17.2 Å². The van der Waals surface area contributed by atoms with Crippen LogP contribution < -0.4 is 10.6 Å². The maximum Gasteiger partial charge on any atom is 0.321 e. The molecule has 2 saturated heterocycles. The molecule has 31 heavy (non-hydrogen) atoms. The molecule has 2 aromatic carbocycles. The predicted octanol–water partition coefficient (Wildman–Crippen LogP) is 4.29. The average Bonchev–Trinajstić information content (AvgIpc) is 3.13. The van der Waals surface area contributed by atoms with Gasteiger partial charge in [0.1, 0.15) is 5.82 Å². The Morgan fingerprint density at radius 3 is 2.52 bits per heavy atom. The summed E-state index contributed by atoms with van der Waals surface area (Å²) in [6.07, 6.45) is 2.36. The summed E-state index contributed by atoms with van der Waals surface area (Å²) >= 11 is 0. The van der Waals surface area contributed by atoms with Crippen molar-refractivity contribution in [1.29, 1.82) is 0 Å². The zero-order chi connectivity index (χ0) is 21.8. The molecule has 0 unspecified atom stereocenters. The summed E-state index contributed by atoms with van der Waals surface area (Å²) in [5, 5.41) is 5.79. The fraction of sp³-hybridized carbons (Fsp3) is 0.417. The highest BCUT2D eigenvalue weighted by atomic mass is 19.1. The van der Waals surface area contributed by atoms with Gasteiger partial charge in [-0.2, -0.15) is 0 Å². The number of carbonyl (C=O) groups excluding carboxylic acids is 2. The van der Waals surface area contributed by atoms with Crippen LogP contribution in [0.3, 0.4) is 0 Å². The predicted molar refractivity (Wildman–Crippen MR) is 117 cm³/mol. The number of hydrogen-bond donors (Lipinski definition) is 2. The van der Waals surface area contributed by atoms with Crippen molar-refractivity contribution in [2.75, 3.05) is 36.9 Å². The largest absolute Gasteiger partial charge is 0.381 e. The van der Waals surface area contributed by atoms with E-state index in [0.29, 0.717) is 44.8 Å². The fourth-order valence-corrected chi connectivity index (χ4v) is 4.59. The van der Waals surface area contributed by atoms with E-state index in [1.807, 2.05) is 24.3 Å². The monoisotopic (exact) mass is 425 g/mol. The molecular weight excluding hydrogens is 397 g/mol. The van der Waals surface area contributed by atoms with Gasteiger partial charge in [0.15, 0.2) is 0 Å². The van der Waals surface area contributed by atoms with Crippen molar-refractivity contribution < 1.29 is 18.7 Å².